The van der Waals surface area contributed by atoms with E-state index in [9.17, 15) is 19.5 Å². The SMILES string of the molecule is CC(C)(C)OC(=O)N[C@H]1CSCC[C@H]2CC[C@@H](C(=O)O)N2C1=O. The molecule has 2 aliphatic heterocycles. The van der Waals surface area contributed by atoms with Gasteiger partial charge in [-0.05, 0) is 45.8 Å². The maximum atomic E-state index is 12.8. The number of carbonyl (C=O) groups is 3. The van der Waals surface area contributed by atoms with Crippen molar-refractivity contribution < 1.29 is 24.2 Å². The monoisotopic (exact) mass is 344 g/mol. The van der Waals surface area contributed by atoms with Crippen molar-refractivity contribution in [3.63, 3.8) is 0 Å². The quantitative estimate of drug-likeness (QED) is 0.787. The molecule has 0 aromatic heterocycles. The number of rotatable bonds is 2. The fraction of sp³-hybridized carbons (Fsp3) is 0.800. The Labute approximate surface area is 140 Å². The lowest BCUT2D eigenvalue weighted by molar-refractivity contribution is -0.150. The van der Waals surface area contributed by atoms with E-state index in [4.69, 9.17) is 4.74 Å². The van der Waals surface area contributed by atoms with Crippen molar-refractivity contribution in [3.05, 3.63) is 0 Å². The minimum absolute atomic E-state index is 0.0562. The topological polar surface area (TPSA) is 95.9 Å². The second kappa shape index (κ2) is 6.98. The fourth-order valence-electron chi connectivity index (χ4n) is 2.97. The lowest BCUT2D eigenvalue weighted by Crippen LogP contribution is -2.56. The average Bonchev–Trinajstić information content (AvgIpc) is 2.81. The summed E-state index contributed by atoms with van der Waals surface area (Å²) in [6.45, 7) is 5.24. The molecule has 0 spiro atoms. The van der Waals surface area contributed by atoms with Gasteiger partial charge < -0.3 is 20.1 Å². The van der Waals surface area contributed by atoms with E-state index in [-0.39, 0.29) is 11.9 Å². The summed E-state index contributed by atoms with van der Waals surface area (Å²) in [7, 11) is 0. The number of hydrogen-bond donors (Lipinski definition) is 2. The number of carbonyl (C=O) groups excluding carboxylic acids is 2. The minimum Gasteiger partial charge on any atom is -0.480 e. The lowest BCUT2D eigenvalue weighted by Gasteiger charge is -2.34. The van der Waals surface area contributed by atoms with Crippen LogP contribution in [0, 0.1) is 0 Å². The molecule has 0 aliphatic carbocycles. The summed E-state index contributed by atoms with van der Waals surface area (Å²) < 4.78 is 5.20. The zero-order valence-corrected chi connectivity index (χ0v) is 14.5. The molecule has 2 aliphatic rings. The Morgan fingerprint density at radius 1 is 1.30 bits per heavy atom. The molecule has 2 rings (SSSR count). The number of carboxylic acid groups (broad SMARTS) is 1. The summed E-state index contributed by atoms with van der Waals surface area (Å²) in [6, 6.07) is -1.60. The number of alkyl carbamates (subject to hydrolysis) is 1. The van der Waals surface area contributed by atoms with Crippen molar-refractivity contribution in [1.82, 2.24) is 10.2 Å². The van der Waals surface area contributed by atoms with E-state index in [0.717, 1.165) is 12.2 Å². The molecule has 0 aromatic rings. The molecule has 3 atom stereocenters. The molecule has 0 radical (unpaired) electrons. The van der Waals surface area contributed by atoms with Crippen LogP contribution in [0.4, 0.5) is 4.79 Å². The third-order valence-electron chi connectivity index (χ3n) is 3.91. The number of nitrogens with one attached hydrogen (secondary N) is 1. The van der Waals surface area contributed by atoms with Crippen molar-refractivity contribution in [2.24, 2.45) is 0 Å². The van der Waals surface area contributed by atoms with Gasteiger partial charge in [-0.1, -0.05) is 0 Å². The minimum atomic E-state index is -0.981. The zero-order valence-electron chi connectivity index (χ0n) is 13.7. The van der Waals surface area contributed by atoms with Gasteiger partial charge in [0.05, 0.1) is 0 Å². The molecule has 0 aromatic carbocycles. The van der Waals surface area contributed by atoms with Crippen molar-refractivity contribution in [3.8, 4) is 0 Å². The van der Waals surface area contributed by atoms with E-state index in [0.29, 0.717) is 18.6 Å². The summed E-state index contributed by atoms with van der Waals surface area (Å²) in [4.78, 5) is 37.6. The van der Waals surface area contributed by atoms with Gasteiger partial charge in [-0.25, -0.2) is 9.59 Å². The van der Waals surface area contributed by atoms with E-state index in [1.165, 1.54) is 4.90 Å². The number of fused-ring (bicyclic) bond motifs is 1. The molecule has 2 amide bonds. The lowest BCUT2D eigenvalue weighted by atomic mass is 10.1. The first-order valence-corrected chi connectivity index (χ1v) is 8.97. The van der Waals surface area contributed by atoms with E-state index >= 15 is 0 Å². The van der Waals surface area contributed by atoms with Crippen LogP contribution in [0.15, 0.2) is 0 Å². The third kappa shape index (κ3) is 4.53. The molecular weight excluding hydrogens is 320 g/mol. The van der Waals surface area contributed by atoms with Crippen molar-refractivity contribution in [1.29, 1.82) is 0 Å². The first-order chi connectivity index (χ1) is 10.7. The summed E-state index contributed by atoms with van der Waals surface area (Å²) in [6.07, 6.45) is 1.30. The van der Waals surface area contributed by atoms with Gasteiger partial charge >= 0.3 is 12.1 Å². The number of thioether (sulfide) groups is 1. The normalized spacial score (nSPS) is 28.6. The Morgan fingerprint density at radius 2 is 2.00 bits per heavy atom. The smallest absolute Gasteiger partial charge is 0.408 e. The van der Waals surface area contributed by atoms with E-state index in [2.05, 4.69) is 5.32 Å². The van der Waals surface area contributed by atoms with Gasteiger partial charge in [0.15, 0.2) is 0 Å². The van der Waals surface area contributed by atoms with Gasteiger partial charge in [0.1, 0.15) is 17.7 Å². The maximum absolute atomic E-state index is 12.8. The van der Waals surface area contributed by atoms with E-state index in [1.54, 1.807) is 32.5 Å². The highest BCUT2D eigenvalue weighted by Gasteiger charge is 2.44. The van der Waals surface area contributed by atoms with Gasteiger partial charge in [-0.3, -0.25) is 4.79 Å². The van der Waals surface area contributed by atoms with E-state index in [1.807, 2.05) is 0 Å². The molecule has 2 heterocycles. The van der Waals surface area contributed by atoms with Gasteiger partial charge in [0.25, 0.3) is 0 Å². The van der Waals surface area contributed by atoms with Crippen LogP contribution in [-0.2, 0) is 14.3 Å². The van der Waals surface area contributed by atoms with Crippen LogP contribution in [0.1, 0.15) is 40.0 Å². The van der Waals surface area contributed by atoms with Gasteiger partial charge in [0.2, 0.25) is 5.91 Å². The number of carboxylic acids is 1. The van der Waals surface area contributed by atoms with Crippen LogP contribution in [-0.4, -0.2) is 63.2 Å². The van der Waals surface area contributed by atoms with Crippen LogP contribution < -0.4 is 5.32 Å². The van der Waals surface area contributed by atoms with Gasteiger partial charge in [0, 0.05) is 11.8 Å². The Bertz CT molecular complexity index is 491. The zero-order chi connectivity index (χ0) is 17.2. The van der Waals surface area contributed by atoms with Gasteiger partial charge in [-0.15, -0.1) is 0 Å². The molecule has 2 fully saturated rings. The standard InChI is InChI=1S/C15H24N2O5S/c1-15(2,3)22-14(21)16-10-8-23-7-6-9-4-5-11(13(19)20)17(9)12(10)18/h9-11H,4-8H2,1-3H3,(H,16,21)(H,19,20)/t9-,10+,11+/m1/s1. The van der Waals surface area contributed by atoms with E-state index < -0.39 is 29.7 Å². The molecule has 0 unspecified atom stereocenters. The highest BCUT2D eigenvalue weighted by molar-refractivity contribution is 7.99. The number of aliphatic carboxylic acids is 1. The molecular formula is C15H24N2O5S. The van der Waals surface area contributed by atoms with Crippen LogP contribution in [0.3, 0.4) is 0 Å². The van der Waals surface area contributed by atoms with Gasteiger partial charge in [-0.2, -0.15) is 11.8 Å². The molecule has 130 valence electrons. The Hall–Kier alpha value is -1.44. The second-order valence-electron chi connectivity index (χ2n) is 6.89. The van der Waals surface area contributed by atoms with Crippen molar-refractivity contribution in [2.45, 2.75) is 63.8 Å². The predicted octanol–water partition coefficient (Wildman–Crippen LogP) is 1.46. The van der Waals surface area contributed by atoms with Crippen LogP contribution in [0.5, 0.6) is 0 Å². The maximum Gasteiger partial charge on any atom is 0.408 e. The summed E-state index contributed by atoms with van der Waals surface area (Å²) in [5.74, 6) is -0.0379. The van der Waals surface area contributed by atoms with Crippen molar-refractivity contribution >= 4 is 29.7 Å². The second-order valence-corrected chi connectivity index (χ2v) is 8.04. The first kappa shape index (κ1) is 17.9. The molecule has 23 heavy (non-hydrogen) atoms. The molecule has 7 nitrogen and oxygen atoms in total. The van der Waals surface area contributed by atoms with Crippen molar-refractivity contribution in [2.75, 3.05) is 11.5 Å². The third-order valence-corrected chi connectivity index (χ3v) is 5.00. The average molecular weight is 344 g/mol. The number of ether oxygens (including phenoxy) is 1. The highest BCUT2D eigenvalue weighted by atomic mass is 32.2. The molecule has 2 N–H and O–H groups in total. The molecule has 8 heteroatoms. The number of nitrogens with zero attached hydrogens (tertiary/aromatic N) is 1. The Balaban J connectivity index is 2.11. The fourth-order valence-corrected chi connectivity index (χ4v) is 4.03. The number of amides is 2. The van der Waals surface area contributed by atoms with Crippen LogP contribution in [0.25, 0.3) is 0 Å². The van der Waals surface area contributed by atoms with Crippen LogP contribution >= 0.6 is 11.8 Å². The predicted molar refractivity (Wildman–Crippen MR) is 86.4 cm³/mol. The Kier molecular flexibility index (Phi) is 5.44. The summed E-state index contributed by atoms with van der Waals surface area (Å²) in [5.41, 5.74) is -0.651. The first-order valence-electron chi connectivity index (χ1n) is 7.81. The summed E-state index contributed by atoms with van der Waals surface area (Å²) >= 11 is 1.59. The molecule has 0 saturated carbocycles. The molecule has 2 saturated heterocycles. The largest absolute Gasteiger partial charge is 0.480 e. The highest BCUT2D eigenvalue weighted by Crippen LogP contribution is 2.30. The summed E-state index contributed by atoms with van der Waals surface area (Å²) in [5, 5.41) is 11.9. The number of hydrogen-bond acceptors (Lipinski definition) is 5. The molecule has 0 bridgehead atoms. The van der Waals surface area contributed by atoms with Crippen LogP contribution in [0.2, 0.25) is 0 Å². The Morgan fingerprint density at radius 3 is 2.61 bits per heavy atom.